The minimum absolute atomic E-state index is 0.0412. The molecular weight excluding hydrogens is 475 g/mol. The predicted molar refractivity (Wildman–Crippen MR) is 87.4 cm³/mol. The first-order valence-electron chi connectivity index (χ1n) is 7.76. The van der Waals surface area contributed by atoms with Gasteiger partial charge in [-0.1, -0.05) is 0 Å². The van der Waals surface area contributed by atoms with Crippen LogP contribution in [-0.4, -0.2) is 48.3 Å². The Bertz CT molecular complexity index is 1070. The molecule has 0 amide bonds. The molecule has 30 heavy (non-hydrogen) atoms. The lowest BCUT2D eigenvalue weighted by molar-refractivity contribution is -0.250. The number of nitrogens with zero attached hydrogens (tertiary/aromatic N) is 4. The molecular formula is C10H13N5O12P3-3. The number of rotatable bonds is 8. The highest BCUT2D eigenvalue weighted by Crippen LogP contribution is 2.61. The van der Waals surface area contributed by atoms with Gasteiger partial charge in [-0.2, -0.15) is 0 Å². The lowest BCUT2D eigenvalue weighted by Crippen LogP contribution is -2.27. The third-order valence-corrected chi connectivity index (χ3v) is 7.39. The summed E-state index contributed by atoms with van der Waals surface area (Å²) in [6.07, 6.45) is -0.897. The zero-order valence-corrected chi connectivity index (χ0v) is 17.2. The van der Waals surface area contributed by atoms with Crippen molar-refractivity contribution in [2.24, 2.45) is 0 Å². The molecule has 0 radical (unpaired) electrons. The molecule has 2 aromatic heterocycles. The van der Waals surface area contributed by atoms with Crippen LogP contribution in [0.1, 0.15) is 12.6 Å². The third kappa shape index (κ3) is 5.68. The molecule has 1 fully saturated rings. The summed E-state index contributed by atoms with van der Waals surface area (Å²) in [5.74, 6) is 0.108. The maximum absolute atomic E-state index is 11.6. The van der Waals surface area contributed by atoms with Crippen molar-refractivity contribution < 1.29 is 56.3 Å². The van der Waals surface area contributed by atoms with E-state index < -0.39 is 48.5 Å². The van der Waals surface area contributed by atoms with Crippen LogP contribution < -0.4 is 20.4 Å². The van der Waals surface area contributed by atoms with Gasteiger partial charge < -0.3 is 39.7 Å². The number of nitrogens with two attached hydrogens (primary N) is 1. The lowest BCUT2D eigenvalue weighted by atomic mass is 10.2. The van der Waals surface area contributed by atoms with Gasteiger partial charge in [0.05, 0.1) is 19.0 Å². The molecule has 3 unspecified atom stereocenters. The van der Waals surface area contributed by atoms with Gasteiger partial charge in [-0.3, -0.25) is 18.3 Å². The average molecular weight is 488 g/mol. The Balaban J connectivity index is 1.64. The summed E-state index contributed by atoms with van der Waals surface area (Å²) in [5, 5.41) is 10.1. The Kier molecular flexibility index (Phi) is 6.47. The second-order valence-corrected chi connectivity index (χ2v) is 10.1. The fourth-order valence-corrected chi connectivity index (χ4v) is 5.47. The quantitative estimate of drug-likeness (QED) is 0.324. The van der Waals surface area contributed by atoms with E-state index in [1.165, 1.54) is 17.2 Å². The van der Waals surface area contributed by atoms with Gasteiger partial charge in [0.2, 0.25) is 0 Å². The molecule has 2 aromatic rings. The van der Waals surface area contributed by atoms with E-state index in [1.54, 1.807) is 0 Å². The maximum Gasteiger partial charge on any atom is 0.280 e. The molecule has 168 valence electrons. The van der Waals surface area contributed by atoms with Crippen LogP contribution in [-0.2, 0) is 31.6 Å². The van der Waals surface area contributed by atoms with E-state index >= 15 is 0 Å². The standard InChI is InChI=1S/C10H16N5O12P3/c11-9-8-10(13-3-12-9)15(4-14-8)7-1-5(16)6(25-7)2-24-29(20,21)27-30(22,23)26-28(17,18)19/h3-7,16H,1-2H2,(H,20,21)(H,22,23)(H2,11,12,13)(H2,17,18,19)/p-3/t5-,6-,7-/m1/s1. The minimum atomic E-state index is -6.01. The normalized spacial score (nSPS) is 28.1. The molecule has 0 aromatic carbocycles. The highest BCUT2D eigenvalue weighted by Gasteiger charge is 2.37. The number of hydrogen-bond donors (Lipinski definition) is 3. The molecule has 3 heterocycles. The van der Waals surface area contributed by atoms with Crippen LogP contribution in [0.2, 0.25) is 0 Å². The average Bonchev–Trinajstić information content (AvgIpc) is 3.14. The molecule has 1 saturated heterocycles. The van der Waals surface area contributed by atoms with Crippen molar-refractivity contribution in [3.8, 4) is 0 Å². The summed E-state index contributed by atoms with van der Waals surface area (Å²) >= 11 is 0. The monoisotopic (exact) mass is 488 g/mol. The first kappa shape index (κ1) is 23.3. The van der Waals surface area contributed by atoms with Crippen molar-refractivity contribution in [3.05, 3.63) is 12.7 Å². The number of nitrogen functional groups attached to an aromatic ring is 1. The van der Waals surface area contributed by atoms with E-state index in [0.717, 1.165) is 0 Å². The number of phosphoric acid groups is 3. The Morgan fingerprint density at radius 3 is 2.57 bits per heavy atom. The van der Waals surface area contributed by atoms with Crippen LogP contribution in [0.4, 0.5) is 5.82 Å². The van der Waals surface area contributed by atoms with Gasteiger partial charge in [-0.25, -0.2) is 23.6 Å². The van der Waals surface area contributed by atoms with Gasteiger partial charge in [0.1, 0.15) is 24.2 Å². The van der Waals surface area contributed by atoms with Gasteiger partial charge in [0.25, 0.3) is 23.5 Å². The van der Waals surface area contributed by atoms with Crippen molar-refractivity contribution in [1.82, 2.24) is 19.5 Å². The van der Waals surface area contributed by atoms with Gasteiger partial charge in [0, 0.05) is 6.42 Å². The van der Waals surface area contributed by atoms with E-state index in [1.807, 2.05) is 0 Å². The zero-order valence-electron chi connectivity index (χ0n) is 14.5. The van der Waals surface area contributed by atoms with Crippen LogP contribution >= 0.6 is 23.5 Å². The van der Waals surface area contributed by atoms with Gasteiger partial charge >= 0.3 is 0 Å². The summed E-state index contributed by atoms with van der Waals surface area (Å²) in [7, 11) is -17.5. The Labute approximate surface area is 166 Å². The van der Waals surface area contributed by atoms with Crippen molar-refractivity contribution in [2.45, 2.75) is 24.9 Å². The molecule has 17 nitrogen and oxygen atoms in total. The molecule has 3 rings (SSSR count). The molecule has 20 heteroatoms. The fourth-order valence-electron chi connectivity index (χ4n) is 2.57. The van der Waals surface area contributed by atoms with E-state index in [9.17, 15) is 33.5 Å². The first-order valence-corrected chi connectivity index (χ1v) is 12.2. The van der Waals surface area contributed by atoms with Crippen molar-refractivity contribution >= 4 is 40.4 Å². The molecule has 0 aliphatic carbocycles. The topological polar surface area (TPSA) is 267 Å². The molecule has 6 atom stereocenters. The fraction of sp³-hybridized carbons (Fsp3) is 0.500. The summed E-state index contributed by atoms with van der Waals surface area (Å²) in [6, 6.07) is 0. The number of aliphatic hydroxyl groups excluding tert-OH is 1. The Morgan fingerprint density at radius 2 is 1.90 bits per heavy atom. The highest BCUT2D eigenvalue weighted by atomic mass is 31.3. The van der Waals surface area contributed by atoms with Gasteiger partial charge in [-0.15, -0.1) is 0 Å². The number of aromatic nitrogens is 4. The summed E-state index contributed by atoms with van der Waals surface area (Å²) in [6.45, 7) is -0.893. The van der Waals surface area contributed by atoms with E-state index in [4.69, 9.17) is 15.4 Å². The van der Waals surface area contributed by atoms with Crippen LogP contribution in [0.15, 0.2) is 12.7 Å². The molecule has 0 spiro atoms. The van der Waals surface area contributed by atoms with Gasteiger partial charge in [-0.05, 0) is 0 Å². The lowest BCUT2D eigenvalue weighted by Gasteiger charge is -2.33. The first-order chi connectivity index (χ1) is 13.8. The van der Waals surface area contributed by atoms with E-state index in [-0.39, 0.29) is 23.4 Å². The molecule has 1 aliphatic rings. The number of aliphatic hydroxyl groups is 1. The Hall–Kier alpha value is -1.32. The molecule has 4 N–H and O–H groups in total. The largest absolute Gasteiger partial charge is 0.756 e. The van der Waals surface area contributed by atoms with E-state index in [0.29, 0.717) is 0 Å². The summed E-state index contributed by atoms with van der Waals surface area (Å²) in [4.78, 5) is 53.3. The van der Waals surface area contributed by atoms with Gasteiger partial charge in [0.15, 0.2) is 11.5 Å². The van der Waals surface area contributed by atoms with Crippen molar-refractivity contribution in [2.75, 3.05) is 12.3 Å². The third-order valence-electron chi connectivity index (χ3n) is 3.70. The number of hydrogen-bond acceptors (Lipinski definition) is 15. The number of fused-ring (bicyclic) bond motifs is 1. The minimum Gasteiger partial charge on any atom is -0.756 e. The molecule has 0 saturated carbocycles. The summed E-state index contributed by atoms with van der Waals surface area (Å²) in [5.41, 5.74) is 6.24. The highest BCUT2D eigenvalue weighted by molar-refractivity contribution is 7.65. The Morgan fingerprint density at radius 1 is 1.20 bits per heavy atom. The SMILES string of the molecule is Nc1ncnc2c1ncn2[C@H]1C[C@@H](O)[C@@H](COP(=O)([O-])OP(=O)([O-])OP(=O)([O-])O)O1. The number of phosphoric ester groups is 1. The second kappa shape index (κ2) is 8.31. The molecule has 1 aliphatic heterocycles. The van der Waals surface area contributed by atoms with E-state index in [2.05, 4.69) is 28.1 Å². The second-order valence-electron chi connectivity index (χ2n) is 5.84. The molecule has 0 bridgehead atoms. The number of anilines is 1. The zero-order chi connectivity index (χ0) is 22.3. The van der Waals surface area contributed by atoms with Crippen LogP contribution in [0.25, 0.3) is 11.2 Å². The van der Waals surface area contributed by atoms with Crippen LogP contribution in [0.3, 0.4) is 0 Å². The smallest absolute Gasteiger partial charge is 0.280 e. The predicted octanol–water partition coefficient (Wildman–Crippen LogP) is -2.50. The maximum atomic E-state index is 11.6. The van der Waals surface area contributed by atoms with Crippen LogP contribution in [0.5, 0.6) is 0 Å². The van der Waals surface area contributed by atoms with Crippen molar-refractivity contribution in [1.29, 1.82) is 0 Å². The van der Waals surface area contributed by atoms with Crippen molar-refractivity contribution in [3.63, 3.8) is 0 Å². The number of imidazole rings is 1. The van der Waals surface area contributed by atoms with Crippen LogP contribution in [0, 0.1) is 0 Å². The number of ether oxygens (including phenoxy) is 1. The summed E-state index contributed by atoms with van der Waals surface area (Å²) < 4.78 is 51.0.